The fraction of sp³-hybridized carbons (Fsp3) is 0.462. The highest BCUT2D eigenvalue weighted by atomic mass is 35.5. The molecule has 0 saturated heterocycles. The molecular weight excluding hydrogens is 270 g/mol. The standard InChI is InChI=1S/C13H18ClNO4/c1-3-18-7-8-19-9-12(16)15-11-6-4-5-10(14)13(11)17-2/h4-6H,3,7-9H2,1-2H3,(H,15,16). The Kier molecular flexibility index (Phi) is 7.25. The average molecular weight is 288 g/mol. The minimum atomic E-state index is -0.267. The Morgan fingerprint density at radius 1 is 1.32 bits per heavy atom. The Bertz CT molecular complexity index is 412. The Balaban J connectivity index is 2.42. The summed E-state index contributed by atoms with van der Waals surface area (Å²) in [7, 11) is 1.50. The number of methoxy groups -OCH3 is 1. The molecule has 0 aliphatic heterocycles. The fourth-order valence-electron chi connectivity index (χ4n) is 1.43. The molecule has 1 aromatic carbocycles. The second-order valence-electron chi connectivity index (χ2n) is 3.62. The minimum absolute atomic E-state index is 0.0389. The summed E-state index contributed by atoms with van der Waals surface area (Å²) in [5, 5.41) is 3.12. The maximum atomic E-state index is 11.6. The Morgan fingerprint density at radius 2 is 2.05 bits per heavy atom. The van der Waals surface area contributed by atoms with Crippen LogP contribution >= 0.6 is 11.6 Å². The molecule has 5 nitrogen and oxygen atoms in total. The van der Waals surface area contributed by atoms with Gasteiger partial charge in [0.2, 0.25) is 5.91 Å². The van der Waals surface area contributed by atoms with Crippen LogP contribution in [0.2, 0.25) is 5.02 Å². The molecule has 0 aliphatic rings. The minimum Gasteiger partial charge on any atom is -0.493 e. The van der Waals surface area contributed by atoms with Gasteiger partial charge in [-0.25, -0.2) is 0 Å². The second-order valence-corrected chi connectivity index (χ2v) is 4.03. The van der Waals surface area contributed by atoms with Crippen LogP contribution in [0.25, 0.3) is 0 Å². The molecule has 0 radical (unpaired) electrons. The SMILES string of the molecule is CCOCCOCC(=O)Nc1cccc(Cl)c1OC. The summed E-state index contributed by atoms with van der Waals surface area (Å²) in [6.07, 6.45) is 0. The fourth-order valence-corrected chi connectivity index (χ4v) is 1.68. The summed E-state index contributed by atoms with van der Waals surface area (Å²) in [5.41, 5.74) is 0.522. The first-order valence-corrected chi connectivity index (χ1v) is 6.34. The van der Waals surface area contributed by atoms with Crippen LogP contribution in [0.4, 0.5) is 5.69 Å². The van der Waals surface area contributed by atoms with Crippen molar-refractivity contribution in [3.8, 4) is 5.75 Å². The summed E-state index contributed by atoms with van der Waals surface area (Å²) in [4.78, 5) is 11.6. The van der Waals surface area contributed by atoms with E-state index in [1.807, 2.05) is 6.92 Å². The number of carbonyl (C=O) groups excluding carboxylic acids is 1. The summed E-state index contributed by atoms with van der Waals surface area (Å²) in [6, 6.07) is 5.13. The molecule has 6 heteroatoms. The smallest absolute Gasteiger partial charge is 0.250 e. The monoisotopic (exact) mass is 287 g/mol. The number of hydrogen-bond donors (Lipinski definition) is 1. The van der Waals surface area contributed by atoms with Crippen LogP contribution in [0.1, 0.15) is 6.92 Å². The van der Waals surface area contributed by atoms with Crippen molar-refractivity contribution in [2.45, 2.75) is 6.92 Å². The number of para-hydroxylation sites is 1. The lowest BCUT2D eigenvalue weighted by atomic mass is 10.3. The van der Waals surface area contributed by atoms with Gasteiger partial charge in [0.05, 0.1) is 31.0 Å². The van der Waals surface area contributed by atoms with Gasteiger partial charge < -0.3 is 19.5 Å². The number of anilines is 1. The first-order valence-electron chi connectivity index (χ1n) is 5.96. The number of rotatable bonds is 8. The zero-order valence-corrected chi connectivity index (χ0v) is 11.8. The largest absolute Gasteiger partial charge is 0.493 e. The molecule has 1 rings (SSSR count). The highest BCUT2D eigenvalue weighted by Crippen LogP contribution is 2.32. The predicted octanol–water partition coefficient (Wildman–Crippen LogP) is 2.34. The van der Waals surface area contributed by atoms with E-state index in [0.717, 1.165) is 0 Å². The molecule has 1 N–H and O–H groups in total. The molecule has 0 bridgehead atoms. The molecular formula is C13H18ClNO4. The van der Waals surface area contributed by atoms with Gasteiger partial charge in [-0.1, -0.05) is 17.7 Å². The molecule has 1 amide bonds. The molecule has 19 heavy (non-hydrogen) atoms. The third-order valence-electron chi connectivity index (χ3n) is 2.25. The van der Waals surface area contributed by atoms with Crippen LogP contribution in [0, 0.1) is 0 Å². The van der Waals surface area contributed by atoms with Crippen molar-refractivity contribution < 1.29 is 19.0 Å². The molecule has 0 aromatic heterocycles. The van der Waals surface area contributed by atoms with E-state index < -0.39 is 0 Å². The number of hydrogen-bond acceptors (Lipinski definition) is 4. The van der Waals surface area contributed by atoms with Crippen molar-refractivity contribution in [2.75, 3.05) is 38.9 Å². The van der Waals surface area contributed by atoms with Crippen LogP contribution in [-0.4, -0.2) is 39.4 Å². The molecule has 0 atom stereocenters. The van der Waals surface area contributed by atoms with Gasteiger partial charge in [-0.2, -0.15) is 0 Å². The summed E-state index contributed by atoms with van der Waals surface area (Å²) in [6.45, 7) is 3.36. The number of ether oxygens (including phenoxy) is 3. The normalized spacial score (nSPS) is 10.3. The summed E-state index contributed by atoms with van der Waals surface area (Å²) in [5.74, 6) is 0.170. The van der Waals surface area contributed by atoms with Crippen molar-refractivity contribution in [3.63, 3.8) is 0 Å². The number of benzene rings is 1. The lowest BCUT2D eigenvalue weighted by Crippen LogP contribution is -2.20. The van der Waals surface area contributed by atoms with Crippen molar-refractivity contribution >= 4 is 23.2 Å². The van der Waals surface area contributed by atoms with Crippen molar-refractivity contribution in [3.05, 3.63) is 23.2 Å². The maximum Gasteiger partial charge on any atom is 0.250 e. The molecule has 0 saturated carbocycles. The molecule has 0 aliphatic carbocycles. The van der Waals surface area contributed by atoms with E-state index in [4.69, 9.17) is 25.8 Å². The van der Waals surface area contributed by atoms with Gasteiger partial charge in [-0.05, 0) is 19.1 Å². The highest BCUT2D eigenvalue weighted by molar-refractivity contribution is 6.32. The maximum absolute atomic E-state index is 11.6. The average Bonchev–Trinajstić information content (AvgIpc) is 2.39. The Hall–Kier alpha value is -1.30. The van der Waals surface area contributed by atoms with E-state index in [1.165, 1.54) is 7.11 Å². The predicted molar refractivity (Wildman–Crippen MR) is 73.9 cm³/mol. The first kappa shape index (κ1) is 15.8. The second kappa shape index (κ2) is 8.74. The summed E-state index contributed by atoms with van der Waals surface area (Å²) < 4.78 is 15.4. The highest BCUT2D eigenvalue weighted by Gasteiger charge is 2.10. The van der Waals surface area contributed by atoms with Crippen LogP contribution in [-0.2, 0) is 14.3 Å². The van der Waals surface area contributed by atoms with E-state index in [-0.39, 0.29) is 12.5 Å². The zero-order valence-electron chi connectivity index (χ0n) is 11.1. The van der Waals surface area contributed by atoms with Gasteiger partial charge in [0.25, 0.3) is 0 Å². The van der Waals surface area contributed by atoms with Gasteiger partial charge in [0.1, 0.15) is 6.61 Å². The first-order chi connectivity index (χ1) is 9.19. The van der Waals surface area contributed by atoms with Gasteiger partial charge in [0.15, 0.2) is 5.75 Å². The molecule has 1 aromatic rings. The van der Waals surface area contributed by atoms with Crippen LogP contribution in [0.15, 0.2) is 18.2 Å². The number of nitrogens with one attached hydrogen (secondary N) is 1. The van der Waals surface area contributed by atoms with Gasteiger partial charge in [-0.15, -0.1) is 0 Å². The molecule has 0 spiro atoms. The number of carbonyl (C=O) groups is 1. The van der Waals surface area contributed by atoms with E-state index in [1.54, 1.807) is 18.2 Å². The Labute approximate surface area is 117 Å². The quantitative estimate of drug-likeness (QED) is 0.746. The number of amides is 1. The topological polar surface area (TPSA) is 56.8 Å². The number of halogens is 1. The van der Waals surface area contributed by atoms with Gasteiger partial charge in [0, 0.05) is 6.61 Å². The molecule has 0 unspecified atom stereocenters. The molecule has 0 fully saturated rings. The van der Waals surface area contributed by atoms with Crippen LogP contribution in [0.3, 0.4) is 0 Å². The van der Waals surface area contributed by atoms with Crippen molar-refractivity contribution in [1.82, 2.24) is 0 Å². The van der Waals surface area contributed by atoms with E-state index in [0.29, 0.717) is 36.3 Å². The third kappa shape index (κ3) is 5.46. The van der Waals surface area contributed by atoms with E-state index in [9.17, 15) is 4.79 Å². The van der Waals surface area contributed by atoms with E-state index in [2.05, 4.69) is 5.32 Å². The third-order valence-corrected chi connectivity index (χ3v) is 2.55. The lowest BCUT2D eigenvalue weighted by molar-refractivity contribution is -0.121. The van der Waals surface area contributed by atoms with Crippen LogP contribution in [0.5, 0.6) is 5.75 Å². The zero-order chi connectivity index (χ0) is 14.1. The van der Waals surface area contributed by atoms with Crippen molar-refractivity contribution in [1.29, 1.82) is 0 Å². The molecule has 0 heterocycles. The van der Waals surface area contributed by atoms with Gasteiger partial charge >= 0.3 is 0 Å². The van der Waals surface area contributed by atoms with Gasteiger partial charge in [-0.3, -0.25) is 4.79 Å². The molecule has 106 valence electrons. The summed E-state index contributed by atoms with van der Waals surface area (Å²) >= 11 is 5.95. The lowest BCUT2D eigenvalue weighted by Gasteiger charge is -2.11. The van der Waals surface area contributed by atoms with Crippen molar-refractivity contribution in [2.24, 2.45) is 0 Å². The Morgan fingerprint density at radius 3 is 2.74 bits per heavy atom. The van der Waals surface area contributed by atoms with E-state index >= 15 is 0 Å². The van der Waals surface area contributed by atoms with Crippen LogP contribution < -0.4 is 10.1 Å².